The van der Waals surface area contributed by atoms with Crippen molar-refractivity contribution in [2.75, 3.05) is 18.4 Å². The van der Waals surface area contributed by atoms with Crippen molar-refractivity contribution in [3.05, 3.63) is 29.3 Å². The van der Waals surface area contributed by atoms with Crippen LogP contribution in [0.5, 0.6) is 0 Å². The maximum absolute atomic E-state index is 13.0. The smallest absolute Gasteiger partial charge is 0.238 e. The van der Waals surface area contributed by atoms with Crippen LogP contribution in [0.2, 0.25) is 0 Å². The first-order chi connectivity index (χ1) is 12.5. The van der Waals surface area contributed by atoms with Crippen LogP contribution < -0.4 is 5.32 Å². The molecule has 1 amide bonds. The molecule has 1 saturated heterocycles. The number of likely N-dealkylation sites (tertiary alicyclic amines) is 1. The minimum Gasteiger partial charge on any atom is -0.324 e. The van der Waals surface area contributed by atoms with Crippen molar-refractivity contribution in [3.8, 4) is 0 Å². The molecule has 1 aromatic carbocycles. The second-order valence-corrected chi connectivity index (χ2v) is 8.89. The van der Waals surface area contributed by atoms with Crippen molar-refractivity contribution >= 4 is 11.6 Å². The summed E-state index contributed by atoms with van der Waals surface area (Å²) in [5.41, 5.74) is 3.55. The Morgan fingerprint density at radius 3 is 2.31 bits per heavy atom. The van der Waals surface area contributed by atoms with E-state index in [1.807, 2.05) is 0 Å². The van der Waals surface area contributed by atoms with Crippen LogP contribution in [-0.2, 0) is 4.79 Å². The Kier molecular flexibility index (Phi) is 6.39. The van der Waals surface area contributed by atoms with Crippen molar-refractivity contribution in [2.24, 2.45) is 5.92 Å². The molecule has 0 radical (unpaired) electrons. The molecule has 0 unspecified atom stereocenters. The topological polar surface area (TPSA) is 32.3 Å². The van der Waals surface area contributed by atoms with E-state index in [1.54, 1.807) is 0 Å². The highest BCUT2D eigenvalue weighted by atomic mass is 16.2. The van der Waals surface area contributed by atoms with Gasteiger partial charge in [-0.1, -0.05) is 58.7 Å². The molecule has 2 atom stereocenters. The molecule has 1 aromatic rings. The standard InChI is InChI=1S/C23H36N2O/c1-16(2)19-11-7-12-20(17(3)4)23(19)24-22(26)15-25-14-8-10-18-9-5-6-13-21(18)25/h7,11-12,16-18,21H,5-6,8-10,13-15H2,1-4H3,(H,24,26)/t18-,21-/m0/s1. The maximum Gasteiger partial charge on any atom is 0.238 e. The lowest BCUT2D eigenvalue weighted by molar-refractivity contribution is -0.118. The SMILES string of the molecule is CC(C)c1cccc(C(C)C)c1NC(=O)CN1CCC[C@@H]2CCCC[C@@H]21. The summed E-state index contributed by atoms with van der Waals surface area (Å²) in [6, 6.07) is 7.07. The Balaban J connectivity index is 1.73. The van der Waals surface area contributed by atoms with E-state index in [4.69, 9.17) is 0 Å². The van der Waals surface area contributed by atoms with Gasteiger partial charge in [0.15, 0.2) is 0 Å². The zero-order valence-electron chi connectivity index (χ0n) is 17.1. The van der Waals surface area contributed by atoms with Gasteiger partial charge >= 0.3 is 0 Å². The largest absolute Gasteiger partial charge is 0.324 e. The van der Waals surface area contributed by atoms with Gasteiger partial charge in [-0.15, -0.1) is 0 Å². The van der Waals surface area contributed by atoms with Crippen molar-refractivity contribution in [1.29, 1.82) is 0 Å². The van der Waals surface area contributed by atoms with Crippen molar-refractivity contribution < 1.29 is 4.79 Å². The Morgan fingerprint density at radius 1 is 1.04 bits per heavy atom. The number of nitrogens with zero attached hydrogens (tertiary/aromatic N) is 1. The van der Waals surface area contributed by atoms with E-state index in [0.29, 0.717) is 24.4 Å². The second kappa shape index (κ2) is 8.56. The Morgan fingerprint density at radius 2 is 1.65 bits per heavy atom. The van der Waals surface area contributed by atoms with E-state index in [1.165, 1.54) is 49.7 Å². The molecule has 0 spiro atoms. The average molecular weight is 357 g/mol. The van der Waals surface area contributed by atoms with Crippen LogP contribution in [-0.4, -0.2) is 29.9 Å². The molecule has 3 nitrogen and oxygen atoms in total. The van der Waals surface area contributed by atoms with Gasteiger partial charge in [-0.2, -0.15) is 0 Å². The van der Waals surface area contributed by atoms with Crippen molar-refractivity contribution in [3.63, 3.8) is 0 Å². The van der Waals surface area contributed by atoms with E-state index in [-0.39, 0.29) is 5.91 Å². The number of anilines is 1. The van der Waals surface area contributed by atoms with Crippen LogP contribution in [0.4, 0.5) is 5.69 Å². The fraction of sp³-hybridized carbons (Fsp3) is 0.696. The summed E-state index contributed by atoms with van der Waals surface area (Å²) in [6.45, 7) is 10.4. The molecule has 26 heavy (non-hydrogen) atoms. The first kappa shape index (κ1) is 19.4. The van der Waals surface area contributed by atoms with Crippen LogP contribution in [0.1, 0.15) is 89.2 Å². The van der Waals surface area contributed by atoms with Gasteiger partial charge in [0.1, 0.15) is 0 Å². The molecular weight excluding hydrogens is 320 g/mol. The third-order valence-electron chi connectivity index (χ3n) is 6.34. The molecule has 2 fully saturated rings. The Hall–Kier alpha value is -1.35. The monoisotopic (exact) mass is 356 g/mol. The lowest BCUT2D eigenvalue weighted by atomic mass is 9.78. The second-order valence-electron chi connectivity index (χ2n) is 8.89. The van der Waals surface area contributed by atoms with Crippen molar-refractivity contribution in [1.82, 2.24) is 4.90 Å². The van der Waals surface area contributed by atoms with Gasteiger partial charge < -0.3 is 5.32 Å². The first-order valence-corrected chi connectivity index (χ1v) is 10.6. The van der Waals surface area contributed by atoms with Crippen LogP contribution in [0.3, 0.4) is 0 Å². The fourth-order valence-electron chi connectivity index (χ4n) is 4.98. The summed E-state index contributed by atoms with van der Waals surface area (Å²) < 4.78 is 0. The summed E-state index contributed by atoms with van der Waals surface area (Å²) in [6.07, 6.45) is 7.94. The van der Waals surface area contributed by atoms with Crippen LogP contribution >= 0.6 is 0 Å². The quantitative estimate of drug-likeness (QED) is 0.752. The molecule has 1 heterocycles. The first-order valence-electron chi connectivity index (χ1n) is 10.6. The molecule has 3 rings (SSSR count). The number of amides is 1. The van der Waals surface area contributed by atoms with Gasteiger partial charge in [-0.3, -0.25) is 9.69 Å². The number of hydrogen-bond acceptors (Lipinski definition) is 2. The van der Waals surface area contributed by atoms with E-state index in [9.17, 15) is 4.79 Å². The number of rotatable bonds is 5. The van der Waals surface area contributed by atoms with Gasteiger partial charge in [0.05, 0.1) is 6.54 Å². The van der Waals surface area contributed by atoms with E-state index in [0.717, 1.165) is 18.2 Å². The van der Waals surface area contributed by atoms with E-state index < -0.39 is 0 Å². The Labute approximate surface area is 159 Å². The number of carbonyl (C=O) groups is 1. The van der Waals surface area contributed by atoms with E-state index >= 15 is 0 Å². The molecule has 1 aliphatic heterocycles. The van der Waals surface area contributed by atoms with Gasteiger partial charge in [0.2, 0.25) is 5.91 Å². The fourth-order valence-corrected chi connectivity index (χ4v) is 4.98. The zero-order valence-corrected chi connectivity index (χ0v) is 17.1. The molecular formula is C23H36N2O. The number of fused-ring (bicyclic) bond motifs is 1. The number of carbonyl (C=O) groups excluding carboxylic acids is 1. The molecule has 1 aliphatic carbocycles. The highest BCUT2D eigenvalue weighted by Crippen LogP contribution is 2.36. The zero-order chi connectivity index (χ0) is 18.7. The summed E-state index contributed by atoms with van der Waals surface area (Å²) in [5.74, 6) is 1.79. The number of piperidine rings is 1. The summed E-state index contributed by atoms with van der Waals surface area (Å²) in [4.78, 5) is 15.4. The predicted molar refractivity (Wildman–Crippen MR) is 110 cm³/mol. The number of nitrogens with one attached hydrogen (secondary N) is 1. The highest BCUT2D eigenvalue weighted by Gasteiger charge is 2.34. The molecule has 144 valence electrons. The summed E-state index contributed by atoms with van der Waals surface area (Å²) in [5, 5.41) is 3.30. The minimum absolute atomic E-state index is 0.159. The molecule has 0 aromatic heterocycles. The molecule has 3 heteroatoms. The molecule has 1 saturated carbocycles. The molecule has 1 N–H and O–H groups in total. The van der Waals surface area contributed by atoms with E-state index in [2.05, 4.69) is 56.1 Å². The summed E-state index contributed by atoms with van der Waals surface area (Å²) in [7, 11) is 0. The molecule has 0 bridgehead atoms. The maximum atomic E-state index is 13.0. The minimum atomic E-state index is 0.159. The van der Waals surface area contributed by atoms with Gasteiger partial charge in [0.25, 0.3) is 0 Å². The number of para-hydroxylation sites is 1. The lowest BCUT2D eigenvalue weighted by Crippen LogP contribution is -2.49. The lowest BCUT2D eigenvalue weighted by Gasteiger charge is -2.43. The van der Waals surface area contributed by atoms with Crippen LogP contribution in [0, 0.1) is 5.92 Å². The normalized spacial score (nSPS) is 23.9. The molecule has 2 aliphatic rings. The third-order valence-corrected chi connectivity index (χ3v) is 6.34. The van der Waals surface area contributed by atoms with Gasteiger partial charge in [-0.25, -0.2) is 0 Å². The Bertz CT molecular complexity index is 594. The van der Waals surface area contributed by atoms with Crippen LogP contribution in [0.25, 0.3) is 0 Å². The predicted octanol–water partition coefficient (Wildman–Crippen LogP) is 5.53. The highest BCUT2D eigenvalue weighted by molar-refractivity contribution is 5.94. The third kappa shape index (κ3) is 4.31. The van der Waals surface area contributed by atoms with Crippen molar-refractivity contribution in [2.45, 2.75) is 84.1 Å². The average Bonchev–Trinajstić information content (AvgIpc) is 2.61. The number of hydrogen-bond donors (Lipinski definition) is 1. The summed E-state index contributed by atoms with van der Waals surface area (Å²) >= 11 is 0. The number of benzene rings is 1. The van der Waals surface area contributed by atoms with Crippen LogP contribution in [0.15, 0.2) is 18.2 Å². The van der Waals surface area contributed by atoms with Gasteiger partial charge in [0, 0.05) is 11.7 Å². The van der Waals surface area contributed by atoms with Gasteiger partial charge in [-0.05, 0) is 61.1 Å².